The maximum atomic E-state index is 9.91. The predicted octanol–water partition coefficient (Wildman–Crippen LogP) is 3.59. The molecule has 2 rings (SSSR count). The van der Waals surface area contributed by atoms with Gasteiger partial charge in [0.05, 0.1) is 6.10 Å². The zero-order valence-corrected chi connectivity index (χ0v) is 10.7. The molecule has 2 nitrogen and oxygen atoms in total. The largest absolute Gasteiger partial charge is 0.388 e. The third-order valence-electron chi connectivity index (χ3n) is 2.64. The van der Waals surface area contributed by atoms with Gasteiger partial charge in [-0.3, -0.25) is 0 Å². The van der Waals surface area contributed by atoms with Crippen LogP contribution in [0.3, 0.4) is 0 Å². The minimum absolute atomic E-state index is 0.354. The van der Waals surface area contributed by atoms with Crippen LogP contribution in [0, 0.1) is 6.92 Å². The summed E-state index contributed by atoms with van der Waals surface area (Å²) in [6.45, 7) is 2.86. The van der Waals surface area contributed by atoms with Crippen molar-refractivity contribution in [1.29, 1.82) is 0 Å². The highest BCUT2D eigenvalue weighted by Gasteiger charge is 2.07. The van der Waals surface area contributed by atoms with Gasteiger partial charge in [-0.2, -0.15) is 0 Å². The van der Waals surface area contributed by atoms with Crippen LogP contribution in [-0.4, -0.2) is 11.7 Å². The second kappa shape index (κ2) is 5.84. The molecule has 0 bridgehead atoms. The van der Waals surface area contributed by atoms with E-state index in [9.17, 15) is 5.11 Å². The Morgan fingerprint density at radius 3 is 2.88 bits per heavy atom. The summed E-state index contributed by atoms with van der Waals surface area (Å²) in [7, 11) is 0. The van der Waals surface area contributed by atoms with Crippen LogP contribution in [0.25, 0.3) is 0 Å². The number of thiophene rings is 1. The molecule has 0 fully saturated rings. The minimum Gasteiger partial charge on any atom is -0.388 e. The first kappa shape index (κ1) is 12.1. The molecule has 17 heavy (non-hydrogen) atoms. The summed E-state index contributed by atoms with van der Waals surface area (Å²) in [5, 5.41) is 15.2. The van der Waals surface area contributed by atoms with Gasteiger partial charge < -0.3 is 10.4 Å². The number of hydrogen-bond acceptors (Lipinski definition) is 3. The monoisotopic (exact) mass is 247 g/mol. The number of rotatable bonds is 5. The van der Waals surface area contributed by atoms with Gasteiger partial charge in [0, 0.05) is 17.1 Å². The van der Waals surface area contributed by atoms with E-state index in [1.54, 1.807) is 11.3 Å². The summed E-state index contributed by atoms with van der Waals surface area (Å²) in [4.78, 5) is 1.04. The lowest BCUT2D eigenvalue weighted by Gasteiger charge is -2.10. The van der Waals surface area contributed by atoms with Crippen molar-refractivity contribution in [3.05, 3.63) is 52.2 Å². The molecule has 2 aromatic rings. The Kier molecular flexibility index (Phi) is 4.18. The SMILES string of the molecule is Cc1cccc(NCCC(O)c2cccs2)c1. The van der Waals surface area contributed by atoms with E-state index in [0.29, 0.717) is 0 Å². The molecule has 1 aromatic heterocycles. The van der Waals surface area contributed by atoms with Gasteiger partial charge in [0.2, 0.25) is 0 Å². The summed E-state index contributed by atoms with van der Waals surface area (Å²) >= 11 is 1.60. The van der Waals surface area contributed by atoms with E-state index in [1.165, 1.54) is 5.56 Å². The average Bonchev–Trinajstić information content (AvgIpc) is 2.82. The molecule has 1 unspecified atom stereocenters. The van der Waals surface area contributed by atoms with Gasteiger partial charge in [-0.15, -0.1) is 11.3 Å². The summed E-state index contributed by atoms with van der Waals surface area (Å²) in [5.74, 6) is 0. The number of aliphatic hydroxyl groups is 1. The molecule has 0 saturated carbocycles. The van der Waals surface area contributed by atoms with Crippen LogP contribution in [-0.2, 0) is 0 Å². The van der Waals surface area contributed by atoms with Gasteiger partial charge in [-0.25, -0.2) is 0 Å². The van der Waals surface area contributed by atoms with Crippen molar-refractivity contribution in [2.75, 3.05) is 11.9 Å². The number of hydrogen-bond donors (Lipinski definition) is 2. The molecule has 1 aromatic carbocycles. The number of nitrogens with one attached hydrogen (secondary N) is 1. The zero-order valence-electron chi connectivity index (χ0n) is 9.89. The van der Waals surface area contributed by atoms with Gasteiger partial charge in [-0.1, -0.05) is 18.2 Å². The Morgan fingerprint density at radius 2 is 2.18 bits per heavy atom. The van der Waals surface area contributed by atoms with E-state index in [0.717, 1.165) is 23.5 Å². The van der Waals surface area contributed by atoms with Crippen molar-refractivity contribution >= 4 is 17.0 Å². The third-order valence-corrected chi connectivity index (χ3v) is 3.61. The molecule has 0 aliphatic rings. The summed E-state index contributed by atoms with van der Waals surface area (Å²) < 4.78 is 0. The molecule has 1 heterocycles. The first-order valence-corrected chi connectivity index (χ1v) is 6.65. The number of aliphatic hydroxyl groups excluding tert-OH is 1. The second-order valence-corrected chi connectivity index (χ2v) is 5.10. The molecular formula is C14H17NOS. The fourth-order valence-electron chi connectivity index (χ4n) is 1.73. The number of anilines is 1. The van der Waals surface area contributed by atoms with Crippen molar-refractivity contribution in [1.82, 2.24) is 0 Å². The van der Waals surface area contributed by atoms with Gasteiger partial charge in [-0.05, 0) is 42.5 Å². The maximum absolute atomic E-state index is 9.91. The summed E-state index contributed by atoms with van der Waals surface area (Å²) in [6, 6.07) is 12.2. The van der Waals surface area contributed by atoms with Crippen molar-refractivity contribution < 1.29 is 5.11 Å². The summed E-state index contributed by atoms with van der Waals surface area (Å²) in [6.07, 6.45) is 0.376. The highest BCUT2D eigenvalue weighted by atomic mass is 32.1. The first-order chi connectivity index (χ1) is 8.25. The van der Waals surface area contributed by atoms with Crippen LogP contribution in [0.15, 0.2) is 41.8 Å². The molecule has 1 atom stereocenters. The molecule has 90 valence electrons. The van der Waals surface area contributed by atoms with E-state index >= 15 is 0 Å². The third kappa shape index (κ3) is 3.58. The first-order valence-electron chi connectivity index (χ1n) is 5.78. The van der Waals surface area contributed by atoms with Gasteiger partial charge in [0.15, 0.2) is 0 Å². The van der Waals surface area contributed by atoms with E-state index in [2.05, 4.69) is 24.4 Å². The standard InChI is InChI=1S/C14H17NOS/c1-11-4-2-5-12(10-11)15-8-7-13(16)14-6-3-9-17-14/h2-6,9-10,13,15-16H,7-8H2,1H3. The Morgan fingerprint density at radius 1 is 1.29 bits per heavy atom. The topological polar surface area (TPSA) is 32.3 Å². The Balaban J connectivity index is 1.80. The van der Waals surface area contributed by atoms with Gasteiger partial charge in [0.25, 0.3) is 0 Å². The Labute approximate surface area is 106 Å². The molecule has 0 aliphatic carbocycles. The molecule has 0 saturated heterocycles. The zero-order chi connectivity index (χ0) is 12.1. The molecule has 2 N–H and O–H groups in total. The lowest BCUT2D eigenvalue weighted by Crippen LogP contribution is -2.06. The van der Waals surface area contributed by atoms with Crippen molar-refractivity contribution in [2.24, 2.45) is 0 Å². The smallest absolute Gasteiger partial charge is 0.0898 e. The van der Waals surface area contributed by atoms with E-state index in [4.69, 9.17) is 0 Å². The van der Waals surface area contributed by atoms with E-state index in [1.807, 2.05) is 29.6 Å². The average molecular weight is 247 g/mol. The van der Waals surface area contributed by atoms with Crippen LogP contribution < -0.4 is 5.32 Å². The van der Waals surface area contributed by atoms with E-state index < -0.39 is 0 Å². The number of benzene rings is 1. The lowest BCUT2D eigenvalue weighted by atomic mass is 10.2. The van der Waals surface area contributed by atoms with E-state index in [-0.39, 0.29) is 6.10 Å². The predicted molar refractivity (Wildman–Crippen MR) is 73.6 cm³/mol. The summed E-state index contributed by atoms with van der Waals surface area (Å²) in [5.41, 5.74) is 2.36. The molecule has 0 aliphatic heterocycles. The maximum Gasteiger partial charge on any atom is 0.0898 e. The second-order valence-electron chi connectivity index (χ2n) is 4.12. The van der Waals surface area contributed by atoms with Crippen LogP contribution >= 0.6 is 11.3 Å². The van der Waals surface area contributed by atoms with Crippen molar-refractivity contribution in [3.63, 3.8) is 0 Å². The highest BCUT2D eigenvalue weighted by molar-refractivity contribution is 7.10. The highest BCUT2D eigenvalue weighted by Crippen LogP contribution is 2.21. The minimum atomic E-state index is -0.354. The molecular weight excluding hydrogens is 230 g/mol. The van der Waals surface area contributed by atoms with Crippen molar-refractivity contribution in [2.45, 2.75) is 19.4 Å². The van der Waals surface area contributed by atoms with Crippen molar-refractivity contribution in [3.8, 4) is 0 Å². The molecule has 3 heteroatoms. The lowest BCUT2D eigenvalue weighted by molar-refractivity contribution is 0.175. The van der Waals surface area contributed by atoms with Crippen LogP contribution in [0.4, 0.5) is 5.69 Å². The molecule has 0 radical (unpaired) electrons. The molecule has 0 spiro atoms. The van der Waals surface area contributed by atoms with Crippen LogP contribution in [0.2, 0.25) is 0 Å². The normalized spacial score (nSPS) is 12.4. The number of aryl methyl sites for hydroxylation is 1. The fourth-order valence-corrected chi connectivity index (χ4v) is 2.48. The van der Waals surface area contributed by atoms with Crippen LogP contribution in [0.5, 0.6) is 0 Å². The quantitative estimate of drug-likeness (QED) is 0.846. The molecule has 0 amide bonds. The van der Waals surface area contributed by atoms with Crippen LogP contribution in [0.1, 0.15) is 23.0 Å². The van der Waals surface area contributed by atoms with Gasteiger partial charge >= 0.3 is 0 Å². The fraction of sp³-hybridized carbons (Fsp3) is 0.286. The Hall–Kier alpha value is -1.32. The Bertz CT molecular complexity index is 453. The van der Waals surface area contributed by atoms with Gasteiger partial charge in [0.1, 0.15) is 0 Å².